The molecule has 0 bridgehead atoms. The number of benzene rings is 1. The van der Waals surface area contributed by atoms with Crippen LogP contribution in [0, 0.1) is 24.0 Å². The summed E-state index contributed by atoms with van der Waals surface area (Å²) in [5.74, 6) is 0.00769. The zero-order valence-corrected chi connectivity index (χ0v) is 14.4. The molecule has 24 heavy (non-hydrogen) atoms. The van der Waals surface area contributed by atoms with Crippen LogP contribution in [-0.2, 0) is 6.54 Å². The molecule has 0 radical (unpaired) electrons. The topological polar surface area (TPSA) is 81.3 Å². The zero-order chi connectivity index (χ0) is 17.9. The van der Waals surface area contributed by atoms with Gasteiger partial charge in [-0.05, 0) is 45.4 Å². The van der Waals surface area contributed by atoms with Crippen LogP contribution in [0.15, 0.2) is 24.3 Å². The van der Waals surface area contributed by atoms with Crippen LogP contribution < -0.4 is 0 Å². The molecule has 0 aliphatic rings. The average Bonchev–Trinajstić information content (AvgIpc) is 2.83. The molecule has 0 saturated carbocycles. The van der Waals surface area contributed by atoms with E-state index in [-0.39, 0.29) is 11.6 Å². The quantitative estimate of drug-likeness (QED) is 0.602. The molecule has 0 unspecified atom stereocenters. The summed E-state index contributed by atoms with van der Waals surface area (Å²) in [6, 6.07) is 7.30. The van der Waals surface area contributed by atoms with Crippen molar-refractivity contribution in [1.82, 2.24) is 14.7 Å². The first kappa shape index (κ1) is 17.7. The summed E-state index contributed by atoms with van der Waals surface area (Å²) in [7, 11) is 0. The van der Waals surface area contributed by atoms with Crippen molar-refractivity contribution < 1.29 is 9.72 Å². The molecule has 128 valence electrons. The molecule has 2 rings (SSSR count). The largest absolute Gasteiger partial charge is 0.339 e. The summed E-state index contributed by atoms with van der Waals surface area (Å²) in [5, 5.41) is 15.3. The number of rotatable bonds is 6. The first-order valence-electron chi connectivity index (χ1n) is 7.95. The lowest BCUT2D eigenvalue weighted by Gasteiger charge is -2.18. The minimum atomic E-state index is -0.403. The fraction of sp³-hybridized carbons (Fsp3) is 0.412. The van der Waals surface area contributed by atoms with Crippen LogP contribution in [0.3, 0.4) is 0 Å². The standard InChI is InChI=1S/C17H22N4O3/c1-5-19(6-2)17(22)15-9-7-14(8-10-15)11-20-13(4)16(21(23)24)12(3)18-20/h7-10H,5-6,11H2,1-4H3. The first-order chi connectivity index (χ1) is 11.4. The van der Waals surface area contributed by atoms with E-state index in [2.05, 4.69) is 5.10 Å². The molecule has 1 aromatic carbocycles. The Kier molecular flexibility index (Phi) is 5.33. The lowest BCUT2D eigenvalue weighted by molar-refractivity contribution is -0.386. The van der Waals surface area contributed by atoms with Crippen molar-refractivity contribution in [3.63, 3.8) is 0 Å². The molecule has 0 spiro atoms. The van der Waals surface area contributed by atoms with Crippen LogP contribution in [0.5, 0.6) is 0 Å². The van der Waals surface area contributed by atoms with Gasteiger partial charge in [0.15, 0.2) is 0 Å². The monoisotopic (exact) mass is 330 g/mol. The van der Waals surface area contributed by atoms with E-state index in [1.165, 1.54) is 0 Å². The molecular weight excluding hydrogens is 308 g/mol. The van der Waals surface area contributed by atoms with E-state index < -0.39 is 4.92 Å². The number of amides is 1. The molecule has 0 aliphatic heterocycles. The maximum absolute atomic E-state index is 12.3. The molecule has 2 aromatic rings. The third-order valence-electron chi connectivity index (χ3n) is 4.11. The van der Waals surface area contributed by atoms with Crippen molar-refractivity contribution in [2.75, 3.05) is 13.1 Å². The Labute approximate surface area is 141 Å². The van der Waals surface area contributed by atoms with Crippen LogP contribution in [-0.4, -0.2) is 38.6 Å². The molecule has 1 amide bonds. The fourth-order valence-electron chi connectivity index (χ4n) is 2.72. The van der Waals surface area contributed by atoms with Gasteiger partial charge >= 0.3 is 5.69 Å². The van der Waals surface area contributed by atoms with Gasteiger partial charge in [-0.2, -0.15) is 5.10 Å². The summed E-state index contributed by atoms with van der Waals surface area (Å²) in [6.45, 7) is 9.00. The highest BCUT2D eigenvalue weighted by atomic mass is 16.6. The highest BCUT2D eigenvalue weighted by molar-refractivity contribution is 5.94. The number of aromatic nitrogens is 2. The van der Waals surface area contributed by atoms with Gasteiger partial charge in [0.05, 0.1) is 11.5 Å². The fourth-order valence-corrected chi connectivity index (χ4v) is 2.72. The van der Waals surface area contributed by atoms with Crippen molar-refractivity contribution in [3.05, 3.63) is 56.9 Å². The van der Waals surface area contributed by atoms with E-state index in [9.17, 15) is 14.9 Å². The van der Waals surface area contributed by atoms with E-state index >= 15 is 0 Å². The van der Waals surface area contributed by atoms with Crippen molar-refractivity contribution in [2.45, 2.75) is 34.2 Å². The second-order valence-corrected chi connectivity index (χ2v) is 5.61. The predicted molar refractivity (Wildman–Crippen MR) is 91.2 cm³/mol. The van der Waals surface area contributed by atoms with Gasteiger partial charge in [-0.3, -0.25) is 19.6 Å². The van der Waals surface area contributed by atoms with E-state index in [1.807, 2.05) is 26.0 Å². The van der Waals surface area contributed by atoms with Gasteiger partial charge in [-0.15, -0.1) is 0 Å². The molecular formula is C17H22N4O3. The van der Waals surface area contributed by atoms with Gasteiger partial charge in [0.1, 0.15) is 11.4 Å². The van der Waals surface area contributed by atoms with Crippen LogP contribution in [0.25, 0.3) is 0 Å². The van der Waals surface area contributed by atoms with E-state index in [1.54, 1.807) is 35.6 Å². The summed E-state index contributed by atoms with van der Waals surface area (Å²) in [6.07, 6.45) is 0. The minimum absolute atomic E-state index is 0.00769. The molecule has 0 N–H and O–H groups in total. The third kappa shape index (κ3) is 3.45. The number of aryl methyl sites for hydroxylation is 1. The molecule has 1 aromatic heterocycles. The third-order valence-corrected chi connectivity index (χ3v) is 4.11. The number of hydrogen-bond donors (Lipinski definition) is 0. The smallest absolute Gasteiger partial charge is 0.312 e. The highest BCUT2D eigenvalue weighted by Crippen LogP contribution is 2.22. The molecule has 7 heteroatoms. The normalized spacial score (nSPS) is 10.7. The molecule has 0 fully saturated rings. The van der Waals surface area contributed by atoms with E-state index in [4.69, 9.17) is 0 Å². The maximum Gasteiger partial charge on any atom is 0.312 e. The van der Waals surface area contributed by atoms with Crippen LogP contribution >= 0.6 is 0 Å². The molecule has 0 atom stereocenters. The Morgan fingerprint density at radius 1 is 1.21 bits per heavy atom. The number of nitrogens with zero attached hydrogens (tertiary/aromatic N) is 4. The molecule has 0 aliphatic carbocycles. The summed E-state index contributed by atoms with van der Waals surface area (Å²) < 4.78 is 1.62. The molecule has 7 nitrogen and oxygen atoms in total. The van der Waals surface area contributed by atoms with E-state index in [0.717, 1.165) is 5.56 Å². The SMILES string of the molecule is CCN(CC)C(=O)c1ccc(Cn2nc(C)c([N+](=O)[O-])c2C)cc1. The summed E-state index contributed by atoms with van der Waals surface area (Å²) in [5.41, 5.74) is 2.57. The van der Waals surface area contributed by atoms with Gasteiger partial charge in [-0.25, -0.2) is 0 Å². The van der Waals surface area contributed by atoms with Crippen molar-refractivity contribution in [2.24, 2.45) is 0 Å². The summed E-state index contributed by atoms with van der Waals surface area (Å²) >= 11 is 0. The summed E-state index contributed by atoms with van der Waals surface area (Å²) in [4.78, 5) is 24.7. The lowest BCUT2D eigenvalue weighted by Crippen LogP contribution is -2.30. The maximum atomic E-state index is 12.3. The van der Waals surface area contributed by atoms with Crippen LogP contribution in [0.1, 0.15) is 41.2 Å². The van der Waals surface area contributed by atoms with Crippen LogP contribution in [0.4, 0.5) is 5.69 Å². The number of hydrogen-bond acceptors (Lipinski definition) is 4. The van der Waals surface area contributed by atoms with Gasteiger partial charge in [-0.1, -0.05) is 12.1 Å². The van der Waals surface area contributed by atoms with Gasteiger partial charge < -0.3 is 4.90 Å². The minimum Gasteiger partial charge on any atom is -0.339 e. The Morgan fingerprint density at radius 3 is 2.25 bits per heavy atom. The van der Waals surface area contributed by atoms with Gasteiger partial charge in [0, 0.05) is 18.7 Å². The lowest BCUT2D eigenvalue weighted by atomic mass is 10.1. The van der Waals surface area contributed by atoms with Crippen molar-refractivity contribution in [3.8, 4) is 0 Å². The zero-order valence-electron chi connectivity index (χ0n) is 14.4. The number of carbonyl (C=O) groups excluding carboxylic acids is 1. The highest BCUT2D eigenvalue weighted by Gasteiger charge is 2.21. The predicted octanol–water partition coefficient (Wildman–Crippen LogP) is 2.94. The number of carbonyl (C=O) groups is 1. The average molecular weight is 330 g/mol. The molecule has 0 saturated heterocycles. The van der Waals surface area contributed by atoms with Crippen molar-refractivity contribution >= 4 is 11.6 Å². The Hall–Kier alpha value is -2.70. The Morgan fingerprint density at radius 2 is 1.79 bits per heavy atom. The second-order valence-electron chi connectivity index (χ2n) is 5.61. The van der Waals surface area contributed by atoms with Gasteiger partial charge in [0.25, 0.3) is 5.91 Å². The van der Waals surface area contributed by atoms with Crippen molar-refractivity contribution in [1.29, 1.82) is 0 Å². The Balaban J connectivity index is 2.20. The second kappa shape index (κ2) is 7.25. The number of nitro groups is 1. The van der Waals surface area contributed by atoms with Crippen LogP contribution in [0.2, 0.25) is 0 Å². The van der Waals surface area contributed by atoms with E-state index in [0.29, 0.717) is 36.6 Å². The van der Waals surface area contributed by atoms with Gasteiger partial charge in [0.2, 0.25) is 0 Å². The molecule has 1 heterocycles. The first-order valence-corrected chi connectivity index (χ1v) is 7.95. The Bertz CT molecular complexity index is 746.